The minimum Gasteiger partial charge on any atom is -0.476 e. The van der Waals surface area contributed by atoms with Crippen LogP contribution in [0.2, 0.25) is 0 Å². The maximum absolute atomic E-state index is 12.7. The third kappa shape index (κ3) is 5.85. The van der Waals surface area contributed by atoms with Gasteiger partial charge in [0.05, 0.1) is 0 Å². The number of thioether (sulfide) groups is 1. The van der Waals surface area contributed by atoms with Crippen molar-refractivity contribution >= 4 is 35.0 Å². The minimum absolute atomic E-state index is 0.0833. The number of aromatic carboxylic acids is 1. The van der Waals surface area contributed by atoms with Gasteiger partial charge >= 0.3 is 5.97 Å². The first kappa shape index (κ1) is 22.3. The second-order valence-electron chi connectivity index (χ2n) is 8.00. The molecule has 2 aliphatic heterocycles. The fraction of sp³-hybridized carbons (Fsp3) is 0.500. The Morgan fingerprint density at radius 3 is 2.90 bits per heavy atom. The molecule has 3 heterocycles. The summed E-state index contributed by atoms with van der Waals surface area (Å²) in [5, 5.41) is 17.9. The first-order chi connectivity index (χ1) is 15.1. The lowest BCUT2D eigenvalue weighted by Gasteiger charge is -2.34. The van der Waals surface area contributed by atoms with Gasteiger partial charge in [0.25, 0.3) is 0 Å². The van der Waals surface area contributed by atoms with Crippen molar-refractivity contribution in [3.8, 4) is 0 Å². The standard InChI is InChI=1S/C22H28N4O3S2/c27-20-7-6-19(26(20)10-11-30-22-25-18(14-31-22)21(28)29)17(24-16-8-9-23-13-16)12-15-4-2-1-3-5-15/h1-5,14,16-17,19,23-24H,6-13H2,(H,28,29)/t16?,17?,19-/m1/s1. The molecule has 7 nitrogen and oxygen atoms in total. The van der Waals surface area contributed by atoms with Crippen molar-refractivity contribution in [1.82, 2.24) is 20.5 Å². The van der Waals surface area contributed by atoms with Crippen LogP contribution in [0.1, 0.15) is 35.3 Å². The van der Waals surface area contributed by atoms with Gasteiger partial charge in [0, 0.05) is 48.8 Å². The summed E-state index contributed by atoms with van der Waals surface area (Å²) in [4.78, 5) is 29.9. The molecule has 1 amide bonds. The second-order valence-corrected chi connectivity index (χ2v) is 10.2. The Balaban J connectivity index is 1.41. The number of benzene rings is 1. The number of carbonyl (C=O) groups is 2. The first-order valence-electron chi connectivity index (χ1n) is 10.7. The summed E-state index contributed by atoms with van der Waals surface area (Å²) in [7, 11) is 0. The molecule has 2 saturated heterocycles. The van der Waals surface area contributed by atoms with Crippen molar-refractivity contribution in [3.63, 3.8) is 0 Å². The normalized spacial score (nSPS) is 22.2. The molecule has 0 saturated carbocycles. The van der Waals surface area contributed by atoms with E-state index in [2.05, 4.69) is 39.9 Å². The Bertz CT molecular complexity index is 886. The van der Waals surface area contributed by atoms with Crippen molar-refractivity contribution < 1.29 is 14.7 Å². The zero-order chi connectivity index (χ0) is 21.6. The van der Waals surface area contributed by atoms with Gasteiger partial charge < -0.3 is 20.6 Å². The Morgan fingerprint density at radius 2 is 2.19 bits per heavy atom. The van der Waals surface area contributed by atoms with Crippen LogP contribution in [0.25, 0.3) is 0 Å². The van der Waals surface area contributed by atoms with Gasteiger partial charge in [-0.15, -0.1) is 11.3 Å². The molecule has 0 radical (unpaired) electrons. The lowest BCUT2D eigenvalue weighted by atomic mass is 9.96. The third-order valence-electron chi connectivity index (χ3n) is 5.91. The zero-order valence-corrected chi connectivity index (χ0v) is 19.0. The van der Waals surface area contributed by atoms with Crippen molar-refractivity contribution in [2.45, 2.75) is 48.1 Å². The summed E-state index contributed by atoms with van der Waals surface area (Å²) < 4.78 is 0.733. The number of thiazole rings is 1. The summed E-state index contributed by atoms with van der Waals surface area (Å²) in [6.45, 7) is 2.65. The first-order valence-corrected chi connectivity index (χ1v) is 12.6. The molecule has 3 atom stereocenters. The second kappa shape index (κ2) is 10.6. The van der Waals surface area contributed by atoms with E-state index in [9.17, 15) is 9.59 Å². The zero-order valence-electron chi connectivity index (χ0n) is 17.3. The predicted molar refractivity (Wildman–Crippen MR) is 123 cm³/mol. The smallest absolute Gasteiger partial charge is 0.355 e. The molecule has 31 heavy (non-hydrogen) atoms. The number of carbonyl (C=O) groups excluding carboxylic acids is 1. The largest absolute Gasteiger partial charge is 0.476 e. The van der Waals surface area contributed by atoms with E-state index in [1.165, 1.54) is 28.7 Å². The van der Waals surface area contributed by atoms with Gasteiger partial charge in [0.15, 0.2) is 10.0 Å². The number of carboxylic acid groups (broad SMARTS) is 1. The van der Waals surface area contributed by atoms with Crippen LogP contribution in [0.3, 0.4) is 0 Å². The molecule has 2 fully saturated rings. The molecule has 9 heteroatoms. The molecule has 0 aliphatic carbocycles. The topological polar surface area (TPSA) is 94.6 Å². The number of nitrogens with zero attached hydrogens (tertiary/aromatic N) is 2. The van der Waals surface area contributed by atoms with E-state index >= 15 is 0 Å². The van der Waals surface area contributed by atoms with Gasteiger partial charge in [0.2, 0.25) is 5.91 Å². The van der Waals surface area contributed by atoms with Crippen LogP contribution >= 0.6 is 23.1 Å². The quantitative estimate of drug-likeness (QED) is 0.469. The summed E-state index contributed by atoms with van der Waals surface area (Å²) in [5.41, 5.74) is 1.36. The van der Waals surface area contributed by atoms with Crippen LogP contribution in [-0.4, -0.2) is 70.4 Å². The van der Waals surface area contributed by atoms with Crippen molar-refractivity contribution in [1.29, 1.82) is 0 Å². The maximum Gasteiger partial charge on any atom is 0.355 e. The number of aromatic nitrogens is 1. The Hall–Kier alpha value is -1.94. The predicted octanol–water partition coefficient (Wildman–Crippen LogP) is 2.49. The van der Waals surface area contributed by atoms with E-state index in [0.29, 0.717) is 24.8 Å². The van der Waals surface area contributed by atoms with E-state index < -0.39 is 5.97 Å². The van der Waals surface area contributed by atoms with E-state index in [-0.39, 0.29) is 23.7 Å². The Morgan fingerprint density at radius 1 is 1.35 bits per heavy atom. The highest BCUT2D eigenvalue weighted by molar-refractivity contribution is 8.01. The van der Waals surface area contributed by atoms with Gasteiger partial charge in [-0.2, -0.15) is 0 Å². The van der Waals surface area contributed by atoms with E-state index in [0.717, 1.165) is 36.7 Å². The molecule has 0 spiro atoms. The van der Waals surface area contributed by atoms with Crippen LogP contribution in [0.5, 0.6) is 0 Å². The van der Waals surface area contributed by atoms with Crippen LogP contribution in [-0.2, 0) is 11.2 Å². The average molecular weight is 461 g/mol. The monoisotopic (exact) mass is 460 g/mol. The lowest BCUT2D eigenvalue weighted by Crippen LogP contribution is -2.53. The summed E-state index contributed by atoms with van der Waals surface area (Å²) >= 11 is 2.86. The molecular formula is C22H28N4O3S2. The molecule has 2 aliphatic rings. The summed E-state index contributed by atoms with van der Waals surface area (Å²) in [6, 6.07) is 11.3. The Labute approximate surface area is 190 Å². The minimum atomic E-state index is -1.01. The fourth-order valence-corrected chi connectivity index (χ4v) is 6.20. The van der Waals surface area contributed by atoms with Gasteiger partial charge in [0.1, 0.15) is 0 Å². The summed E-state index contributed by atoms with van der Waals surface area (Å²) in [6.07, 6.45) is 3.46. The average Bonchev–Trinajstić information content (AvgIpc) is 3.51. The number of hydrogen-bond acceptors (Lipinski definition) is 7. The van der Waals surface area contributed by atoms with Gasteiger partial charge in [-0.25, -0.2) is 9.78 Å². The van der Waals surface area contributed by atoms with Gasteiger partial charge in [-0.1, -0.05) is 42.1 Å². The highest BCUT2D eigenvalue weighted by Gasteiger charge is 2.37. The molecule has 1 aromatic heterocycles. The van der Waals surface area contributed by atoms with Crippen molar-refractivity contribution in [3.05, 3.63) is 47.0 Å². The molecular weight excluding hydrogens is 432 g/mol. The maximum atomic E-state index is 12.7. The van der Waals surface area contributed by atoms with Gasteiger partial charge in [-0.05, 0) is 31.4 Å². The number of nitrogens with one attached hydrogen (secondary N) is 2. The molecule has 1 aromatic carbocycles. The number of rotatable bonds is 10. The van der Waals surface area contributed by atoms with E-state index in [4.69, 9.17) is 5.11 Å². The molecule has 4 rings (SSSR count). The highest BCUT2D eigenvalue weighted by atomic mass is 32.2. The highest BCUT2D eigenvalue weighted by Crippen LogP contribution is 2.27. The lowest BCUT2D eigenvalue weighted by molar-refractivity contribution is -0.129. The van der Waals surface area contributed by atoms with E-state index in [1.807, 2.05) is 11.0 Å². The molecule has 3 N–H and O–H groups in total. The fourth-order valence-electron chi connectivity index (χ4n) is 4.39. The summed E-state index contributed by atoms with van der Waals surface area (Å²) in [5.74, 6) is -0.0906. The van der Waals surface area contributed by atoms with Crippen molar-refractivity contribution in [2.75, 3.05) is 25.4 Å². The Kier molecular flexibility index (Phi) is 7.60. The van der Waals surface area contributed by atoms with E-state index in [1.54, 1.807) is 5.38 Å². The SMILES string of the molecule is O=C(O)c1csc(SCCN2C(=O)CC[C@@H]2C(Cc2ccccc2)NC2CCNC2)n1. The van der Waals surface area contributed by atoms with Crippen LogP contribution < -0.4 is 10.6 Å². The third-order valence-corrected chi connectivity index (χ3v) is 7.91. The number of amides is 1. The van der Waals surface area contributed by atoms with Crippen LogP contribution in [0, 0.1) is 0 Å². The number of likely N-dealkylation sites (tertiary alicyclic amines) is 1. The number of hydrogen-bond donors (Lipinski definition) is 3. The van der Waals surface area contributed by atoms with Crippen LogP contribution in [0.15, 0.2) is 40.1 Å². The molecule has 0 bridgehead atoms. The molecule has 2 unspecified atom stereocenters. The van der Waals surface area contributed by atoms with Crippen molar-refractivity contribution in [2.24, 2.45) is 0 Å². The molecule has 2 aromatic rings. The molecule has 166 valence electrons. The van der Waals surface area contributed by atoms with Gasteiger partial charge in [-0.3, -0.25) is 4.79 Å². The number of carboxylic acids is 1. The van der Waals surface area contributed by atoms with Crippen LogP contribution in [0.4, 0.5) is 0 Å².